The molecule has 0 bridgehead atoms. The molecule has 5 nitrogen and oxygen atoms in total. The molecule has 0 fully saturated rings. The lowest BCUT2D eigenvalue weighted by molar-refractivity contribution is -0.133. The minimum Gasteiger partial charge on any atom is -0.497 e. The first kappa shape index (κ1) is 18.8. The summed E-state index contributed by atoms with van der Waals surface area (Å²) in [5, 5.41) is 3.43. The van der Waals surface area contributed by atoms with Gasteiger partial charge in [-0.25, -0.2) is 0 Å². The monoisotopic (exact) mass is 360 g/mol. The van der Waals surface area contributed by atoms with E-state index in [4.69, 9.17) is 16.3 Å². The molecule has 2 aromatic carbocycles. The van der Waals surface area contributed by atoms with E-state index in [1.54, 1.807) is 25.3 Å². The van der Waals surface area contributed by atoms with Gasteiger partial charge in [0.1, 0.15) is 12.3 Å². The van der Waals surface area contributed by atoms with Crippen molar-refractivity contribution in [1.82, 2.24) is 4.90 Å². The van der Waals surface area contributed by atoms with E-state index in [0.29, 0.717) is 17.3 Å². The van der Waals surface area contributed by atoms with Gasteiger partial charge >= 0.3 is 0 Å². The first-order chi connectivity index (χ1) is 11.9. The fourth-order valence-electron chi connectivity index (χ4n) is 2.36. The molecule has 25 heavy (non-hydrogen) atoms. The molecule has 2 aromatic rings. The lowest BCUT2D eigenvalue weighted by Gasteiger charge is -2.21. The number of anilines is 1. The number of halogens is 1. The summed E-state index contributed by atoms with van der Waals surface area (Å²) in [5.74, 6) is 0.321. The van der Waals surface area contributed by atoms with E-state index >= 15 is 0 Å². The summed E-state index contributed by atoms with van der Waals surface area (Å²) in [5.41, 5.74) is 2.47. The van der Waals surface area contributed by atoms with Crippen LogP contribution in [0.1, 0.15) is 18.1 Å². The maximum absolute atomic E-state index is 12.3. The van der Waals surface area contributed by atoms with Crippen LogP contribution in [-0.4, -0.2) is 30.4 Å². The molecule has 1 N–H and O–H groups in total. The van der Waals surface area contributed by atoms with Crippen molar-refractivity contribution in [3.8, 4) is 5.75 Å². The van der Waals surface area contributed by atoms with Crippen molar-refractivity contribution in [3.63, 3.8) is 0 Å². The zero-order valence-electron chi connectivity index (χ0n) is 14.5. The van der Waals surface area contributed by atoms with Crippen LogP contribution in [0.2, 0.25) is 5.02 Å². The van der Waals surface area contributed by atoms with Gasteiger partial charge < -0.3 is 15.0 Å². The van der Waals surface area contributed by atoms with Gasteiger partial charge in [-0.05, 0) is 48.4 Å². The van der Waals surface area contributed by atoms with Crippen LogP contribution in [0.3, 0.4) is 0 Å². The predicted octanol–water partition coefficient (Wildman–Crippen LogP) is 3.64. The molecule has 0 spiro atoms. The number of rotatable bonds is 6. The molecule has 0 unspecified atom stereocenters. The molecule has 0 aliphatic heterocycles. The zero-order chi connectivity index (χ0) is 18.4. The molecule has 0 aliphatic rings. The van der Waals surface area contributed by atoms with Gasteiger partial charge in [-0.3, -0.25) is 9.59 Å². The van der Waals surface area contributed by atoms with E-state index in [1.807, 2.05) is 31.2 Å². The number of methoxy groups -OCH3 is 1. The standard InChI is InChI=1S/C19H21ClN2O3/c1-13-10-16(20)6-9-18(13)21-19(24)12-22(14(2)23)11-15-4-7-17(25-3)8-5-15/h4-10H,11-12H2,1-3H3,(H,21,24). The number of hydrogen-bond donors (Lipinski definition) is 1. The number of carbonyl (C=O) groups is 2. The summed E-state index contributed by atoms with van der Waals surface area (Å²) in [6, 6.07) is 12.6. The van der Waals surface area contributed by atoms with Crippen LogP contribution in [0.5, 0.6) is 5.75 Å². The number of carbonyl (C=O) groups excluding carboxylic acids is 2. The number of amides is 2. The molecule has 0 radical (unpaired) electrons. The van der Waals surface area contributed by atoms with Crippen LogP contribution < -0.4 is 10.1 Å². The first-order valence-electron chi connectivity index (χ1n) is 7.83. The number of nitrogens with one attached hydrogen (secondary N) is 1. The summed E-state index contributed by atoms with van der Waals surface area (Å²) >= 11 is 5.92. The van der Waals surface area contributed by atoms with Crippen LogP contribution in [0, 0.1) is 6.92 Å². The fourth-order valence-corrected chi connectivity index (χ4v) is 2.59. The normalized spacial score (nSPS) is 10.2. The highest BCUT2D eigenvalue weighted by molar-refractivity contribution is 6.30. The predicted molar refractivity (Wildman–Crippen MR) is 98.9 cm³/mol. The van der Waals surface area contributed by atoms with Crippen molar-refractivity contribution in [2.24, 2.45) is 0 Å². The number of benzene rings is 2. The summed E-state index contributed by atoms with van der Waals surface area (Å²) < 4.78 is 5.12. The van der Waals surface area contributed by atoms with Crippen molar-refractivity contribution >= 4 is 29.1 Å². The molecule has 0 heterocycles. The Labute approximate surface area is 152 Å². The van der Waals surface area contributed by atoms with Crippen LogP contribution >= 0.6 is 11.6 Å². The molecule has 0 saturated carbocycles. The average molecular weight is 361 g/mol. The van der Waals surface area contributed by atoms with Gasteiger partial charge in [-0.15, -0.1) is 0 Å². The molecule has 6 heteroatoms. The van der Waals surface area contributed by atoms with Gasteiger partial charge in [0.25, 0.3) is 0 Å². The second-order valence-electron chi connectivity index (χ2n) is 5.73. The van der Waals surface area contributed by atoms with Gasteiger partial charge in [-0.1, -0.05) is 23.7 Å². The highest BCUT2D eigenvalue weighted by Crippen LogP contribution is 2.19. The van der Waals surface area contributed by atoms with Gasteiger partial charge in [0, 0.05) is 24.2 Å². The summed E-state index contributed by atoms with van der Waals surface area (Å²) in [7, 11) is 1.60. The van der Waals surface area contributed by atoms with E-state index in [2.05, 4.69) is 5.32 Å². The van der Waals surface area contributed by atoms with Crippen LogP contribution in [0.25, 0.3) is 0 Å². The third kappa shape index (κ3) is 5.50. The molecular formula is C19H21ClN2O3. The first-order valence-corrected chi connectivity index (χ1v) is 8.21. The summed E-state index contributed by atoms with van der Waals surface area (Å²) in [4.78, 5) is 25.7. The van der Waals surface area contributed by atoms with Crippen molar-refractivity contribution in [3.05, 3.63) is 58.6 Å². The van der Waals surface area contributed by atoms with Crippen molar-refractivity contribution in [1.29, 1.82) is 0 Å². The Kier molecular flexibility index (Phi) is 6.42. The molecule has 0 aromatic heterocycles. The molecule has 0 aliphatic carbocycles. The lowest BCUT2D eigenvalue weighted by atomic mass is 10.2. The van der Waals surface area contributed by atoms with Gasteiger partial charge in [0.05, 0.1) is 7.11 Å². The van der Waals surface area contributed by atoms with Gasteiger partial charge in [0.15, 0.2) is 0 Å². The third-order valence-corrected chi connectivity index (χ3v) is 4.01. The summed E-state index contributed by atoms with van der Waals surface area (Å²) in [6.07, 6.45) is 0. The van der Waals surface area contributed by atoms with E-state index in [9.17, 15) is 9.59 Å². The highest BCUT2D eigenvalue weighted by atomic mass is 35.5. The Morgan fingerprint density at radius 1 is 1.16 bits per heavy atom. The van der Waals surface area contributed by atoms with E-state index in [-0.39, 0.29) is 18.4 Å². The number of hydrogen-bond acceptors (Lipinski definition) is 3. The number of aryl methyl sites for hydroxylation is 1. The molecular weight excluding hydrogens is 340 g/mol. The third-order valence-electron chi connectivity index (χ3n) is 3.77. The maximum atomic E-state index is 12.3. The topological polar surface area (TPSA) is 58.6 Å². The van der Waals surface area contributed by atoms with Crippen molar-refractivity contribution in [2.45, 2.75) is 20.4 Å². The SMILES string of the molecule is COc1ccc(CN(CC(=O)Nc2ccc(Cl)cc2C)C(C)=O)cc1. The number of nitrogens with zero attached hydrogens (tertiary/aromatic N) is 1. The van der Waals surface area contributed by atoms with Gasteiger partial charge in [-0.2, -0.15) is 0 Å². The Hall–Kier alpha value is -2.53. The smallest absolute Gasteiger partial charge is 0.244 e. The molecule has 132 valence electrons. The summed E-state index contributed by atoms with van der Waals surface area (Å²) in [6.45, 7) is 3.64. The Balaban J connectivity index is 2.02. The van der Waals surface area contributed by atoms with Gasteiger partial charge in [0.2, 0.25) is 11.8 Å². The van der Waals surface area contributed by atoms with Crippen molar-refractivity contribution < 1.29 is 14.3 Å². The average Bonchev–Trinajstić information content (AvgIpc) is 2.57. The van der Waals surface area contributed by atoms with Crippen LogP contribution in [0.4, 0.5) is 5.69 Å². The number of ether oxygens (including phenoxy) is 1. The molecule has 2 rings (SSSR count). The quantitative estimate of drug-likeness (QED) is 0.855. The highest BCUT2D eigenvalue weighted by Gasteiger charge is 2.15. The second kappa shape index (κ2) is 8.53. The van der Waals surface area contributed by atoms with Crippen LogP contribution in [0.15, 0.2) is 42.5 Å². The van der Waals surface area contributed by atoms with E-state index in [1.165, 1.54) is 11.8 Å². The Bertz CT molecular complexity index is 760. The minimum absolute atomic E-state index is 0.0244. The fraction of sp³-hybridized carbons (Fsp3) is 0.263. The Morgan fingerprint density at radius 3 is 2.40 bits per heavy atom. The minimum atomic E-state index is -0.255. The molecule has 0 saturated heterocycles. The second-order valence-corrected chi connectivity index (χ2v) is 6.17. The largest absolute Gasteiger partial charge is 0.497 e. The van der Waals surface area contributed by atoms with Crippen LogP contribution in [-0.2, 0) is 16.1 Å². The lowest BCUT2D eigenvalue weighted by Crippen LogP contribution is -2.36. The van der Waals surface area contributed by atoms with E-state index in [0.717, 1.165) is 16.9 Å². The van der Waals surface area contributed by atoms with Crippen molar-refractivity contribution in [2.75, 3.05) is 19.0 Å². The maximum Gasteiger partial charge on any atom is 0.244 e. The van der Waals surface area contributed by atoms with E-state index < -0.39 is 0 Å². The zero-order valence-corrected chi connectivity index (χ0v) is 15.3. The molecule has 2 amide bonds. The Morgan fingerprint density at radius 2 is 1.84 bits per heavy atom. The molecule has 0 atom stereocenters.